The number of aromatic nitrogens is 2. The summed E-state index contributed by atoms with van der Waals surface area (Å²) in [7, 11) is 0. The van der Waals surface area contributed by atoms with Crippen molar-refractivity contribution in [3.63, 3.8) is 0 Å². The number of nitrogens with zero attached hydrogens (tertiary/aromatic N) is 4. The number of aromatic carboxylic acids is 1. The molecule has 0 aliphatic carbocycles. The number of azo groups is 1. The lowest BCUT2D eigenvalue weighted by Gasteiger charge is -2.00. The second-order valence-electron chi connectivity index (χ2n) is 5.36. The van der Waals surface area contributed by atoms with E-state index >= 15 is 0 Å². The topological polar surface area (TPSA) is 92.5 Å². The molecule has 0 saturated heterocycles. The molecular weight excluding hydrogens is 339 g/mol. The van der Waals surface area contributed by atoms with Crippen LogP contribution in [0.4, 0.5) is 15.9 Å². The van der Waals surface area contributed by atoms with Crippen molar-refractivity contribution in [2.75, 3.05) is 0 Å². The van der Waals surface area contributed by atoms with Gasteiger partial charge in [-0.05, 0) is 36.4 Å². The lowest BCUT2D eigenvalue weighted by Crippen LogP contribution is -1.95. The average molecular weight is 350 g/mol. The highest BCUT2D eigenvalue weighted by molar-refractivity contribution is 5.93. The lowest BCUT2D eigenvalue weighted by atomic mass is 10.2. The SMILES string of the molecule is O=C(O)c1ccccc1N=Nc1c(-c2ccco2)nc2ccc(F)cn12. The van der Waals surface area contributed by atoms with Gasteiger partial charge in [0.15, 0.2) is 17.3 Å². The number of furan rings is 1. The van der Waals surface area contributed by atoms with Gasteiger partial charge in [-0.15, -0.1) is 10.2 Å². The van der Waals surface area contributed by atoms with Crippen molar-refractivity contribution < 1.29 is 18.7 Å². The van der Waals surface area contributed by atoms with Crippen LogP contribution in [0.25, 0.3) is 17.1 Å². The molecule has 3 heterocycles. The average Bonchev–Trinajstić information content (AvgIpc) is 3.27. The van der Waals surface area contributed by atoms with Crippen LogP contribution in [0.1, 0.15) is 10.4 Å². The molecule has 128 valence electrons. The van der Waals surface area contributed by atoms with Crippen LogP contribution < -0.4 is 0 Å². The highest BCUT2D eigenvalue weighted by atomic mass is 19.1. The molecule has 0 aliphatic heterocycles. The fourth-order valence-corrected chi connectivity index (χ4v) is 2.52. The fourth-order valence-electron chi connectivity index (χ4n) is 2.52. The maximum absolute atomic E-state index is 13.7. The summed E-state index contributed by atoms with van der Waals surface area (Å²) in [5, 5.41) is 17.4. The van der Waals surface area contributed by atoms with Crippen LogP contribution in [-0.4, -0.2) is 20.5 Å². The molecule has 0 fully saturated rings. The van der Waals surface area contributed by atoms with E-state index in [9.17, 15) is 14.3 Å². The number of benzene rings is 1. The fraction of sp³-hybridized carbons (Fsp3) is 0. The third-order valence-electron chi connectivity index (χ3n) is 3.70. The second kappa shape index (κ2) is 6.25. The molecule has 8 heteroatoms. The van der Waals surface area contributed by atoms with Crippen molar-refractivity contribution in [1.29, 1.82) is 0 Å². The normalized spacial score (nSPS) is 11.4. The molecule has 3 aromatic heterocycles. The van der Waals surface area contributed by atoms with Crippen LogP contribution in [0.15, 0.2) is 75.6 Å². The van der Waals surface area contributed by atoms with Gasteiger partial charge >= 0.3 is 5.97 Å². The van der Waals surface area contributed by atoms with Crippen LogP contribution in [0.5, 0.6) is 0 Å². The summed E-state index contributed by atoms with van der Waals surface area (Å²) in [6.07, 6.45) is 2.72. The molecule has 1 N–H and O–H groups in total. The number of imidazole rings is 1. The molecule has 7 nitrogen and oxygen atoms in total. The summed E-state index contributed by atoms with van der Waals surface area (Å²) >= 11 is 0. The molecule has 0 aliphatic rings. The predicted octanol–water partition coefficient (Wildman–Crippen LogP) is 4.85. The summed E-state index contributed by atoms with van der Waals surface area (Å²) in [6.45, 7) is 0. The van der Waals surface area contributed by atoms with Crippen molar-refractivity contribution in [1.82, 2.24) is 9.38 Å². The van der Waals surface area contributed by atoms with E-state index in [-0.39, 0.29) is 17.1 Å². The van der Waals surface area contributed by atoms with E-state index in [0.717, 1.165) is 0 Å². The van der Waals surface area contributed by atoms with Gasteiger partial charge in [0, 0.05) is 6.20 Å². The Morgan fingerprint density at radius 1 is 1.12 bits per heavy atom. The number of pyridine rings is 1. The Morgan fingerprint density at radius 2 is 1.96 bits per heavy atom. The summed E-state index contributed by atoms with van der Waals surface area (Å²) in [4.78, 5) is 15.7. The molecule has 4 aromatic rings. The quantitative estimate of drug-likeness (QED) is 0.533. The Labute approximate surface area is 146 Å². The molecule has 0 saturated carbocycles. The third-order valence-corrected chi connectivity index (χ3v) is 3.70. The van der Waals surface area contributed by atoms with E-state index in [0.29, 0.717) is 17.1 Å². The zero-order chi connectivity index (χ0) is 18.1. The first kappa shape index (κ1) is 15.7. The van der Waals surface area contributed by atoms with Crippen molar-refractivity contribution in [3.8, 4) is 11.5 Å². The Hall–Kier alpha value is -3.81. The molecule has 0 bridgehead atoms. The Kier molecular flexibility index (Phi) is 3.77. The monoisotopic (exact) mass is 350 g/mol. The zero-order valence-electron chi connectivity index (χ0n) is 13.2. The molecule has 26 heavy (non-hydrogen) atoms. The zero-order valence-corrected chi connectivity index (χ0v) is 13.2. The van der Waals surface area contributed by atoms with E-state index in [2.05, 4.69) is 15.2 Å². The van der Waals surface area contributed by atoms with Gasteiger partial charge in [0.1, 0.15) is 17.2 Å². The van der Waals surface area contributed by atoms with Crippen molar-refractivity contribution >= 4 is 23.1 Å². The van der Waals surface area contributed by atoms with Gasteiger partial charge in [0.25, 0.3) is 0 Å². The van der Waals surface area contributed by atoms with Gasteiger partial charge in [-0.1, -0.05) is 12.1 Å². The van der Waals surface area contributed by atoms with E-state index in [1.807, 2.05) is 0 Å². The van der Waals surface area contributed by atoms with Crippen LogP contribution in [0.2, 0.25) is 0 Å². The number of fused-ring (bicyclic) bond motifs is 1. The van der Waals surface area contributed by atoms with Crippen molar-refractivity contribution in [3.05, 3.63) is 72.4 Å². The minimum atomic E-state index is -1.12. The van der Waals surface area contributed by atoms with Crippen LogP contribution in [-0.2, 0) is 0 Å². The Morgan fingerprint density at radius 3 is 2.73 bits per heavy atom. The number of hydrogen-bond donors (Lipinski definition) is 1. The van der Waals surface area contributed by atoms with Gasteiger partial charge in [0.2, 0.25) is 0 Å². The Balaban J connectivity index is 1.89. The van der Waals surface area contributed by atoms with E-state index < -0.39 is 11.8 Å². The summed E-state index contributed by atoms with van der Waals surface area (Å²) in [5.41, 5.74) is 1.02. The lowest BCUT2D eigenvalue weighted by molar-refractivity contribution is 0.0697. The number of hydrogen-bond acceptors (Lipinski definition) is 5. The van der Waals surface area contributed by atoms with Crippen molar-refractivity contribution in [2.24, 2.45) is 10.2 Å². The smallest absolute Gasteiger partial charge is 0.337 e. The number of rotatable bonds is 4. The summed E-state index contributed by atoms with van der Waals surface area (Å²) in [6, 6.07) is 12.4. The molecule has 1 aromatic carbocycles. The van der Waals surface area contributed by atoms with Gasteiger partial charge in [-0.3, -0.25) is 4.40 Å². The van der Waals surface area contributed by atoms with Gasteiger partial charge in [0.05, 0.1) is 11.8 Å². The summed E-state index contributed by atoms with van der Waals surface area (Å²) in [5.74, 6) is -0.914. The first-order valence-electron chi connectivity index (χ1n) is 7.59. The maximum atomic E-state index is 13.7. The number of carboxylic acid groups (broad SMARTS) is 1. The minimum absolute atomic E-state index is 0.0100. The van der Waals surface area contributed by atoms with Gasteiger partial charge in [-0.25, -0.2) is 14.2 Å². The second-order valence-corrected chi connectivity index (χ2v) is 5.36. The predicted molar refractivity (Wildman–Crippen MR) is 90.4 cm³/mol. The first-order valence-corrected chi connectivity index (χ1v) is 7.59. The van der Waals surface area contributed by atoms with Crippen LogP contribution in [0, 0.1) is 5.82 Å². The maximum Gasteiger partial charge on any atom is 0.337 e. The largest absolute Gasteiger partial charge is 0.478 e. The number of halogens is 1. The summed E-state index contributed by atoms with van der Waals surface area (Å²) < 4.78 is 20.5. The van der Waals surface area contributed by atoms with Gasteiger partial charge < -0.3 is 9.52 Å². The van der Waals surface area contributed by atoms with E-state index in [1.165, 1.54) is 41.1 Å². The molecule has 4 rings (SSSR count). The molecule has 0 amide bonds. The molecule has 0 spiro atoms. The van der Waals surface area contributed by atoms with E-state index in [4.69, 9.17) is 4.42 Å². The molecule has 0 atom stereocenters. The first-order chi connectivity index (χ1) is 12.6. The Bertz CT molecular complexity index is 1130. The molecule has 0 unspecified atom stereocenters. The van der Waals surface area contributed by atoms with Gasteiger partial charge in [-0.2, -0.15) is 0 Å². The minimum Gasteiger partial charge on any atom is -0.478 e. The number of carbonyl (C=O) groups is 1. The standard InChI is InChI=1S/C18H11FN4O3/c19-11-7-8-15-20-16(14-6-3-9-26-14)17(23(15)10-11)22-21-13-5-2-1-4-12(13)18(24)25/h1-10H,(H,24,25). The van der Waals surface area contributed by atoms with Crippen molar-refractivity contribution in [2.45, 2.75) is 0 Å². The molecule has 0 radical (unpaired) electrons. The van der Waals surface area contributed by atoms with E-state index in [1.54, 1.807) is 24.3 Å². The van der Waals surface area contributed by atoms with Crippen LogP contribution >= 0.6 is 0 Å². The third kappa shape index (κ3) is 2.73. The number of carboxylic acids is 1. The highest BCUT2D eigenvalue weighted by Gasteiger charge is 2.17. The van der Waals surface area contributed by atoms with Crippen LogP contribution in [0.3, 0.4) is 0 Å². The molecular formula is C18H11FN4O3. The highest BCUT2D eigenvalue weighted by Crippen LogP contribution is 2.33.